The summed E-state index contributed by atoms with van der Waals surface area (Å²) in [6.07, 6.45) is 3.97. The van der Waals surface area contributed by atoms with Gasteiger partial charge in [-0.15, -0.1) is 0 Å². The number of hydrogen-bond acceptors (Lipinski definition) is 2. The summed E-state index contributed by atoms with van der Waals surface area (Å²) in [5.74, 6) is 0. The van der Waals surface area contributed by atoms with Gasteiger partial charge in [-0.05, 0) is 0 Å². The van der Waals surface area contributed by atoms with Crippen molar-refractivity contribution in [3.05, 3.63) is 24.3 Å². The molecule has 0 aromatic carbocycles. The Bertz CT molecular complexity index is 222. The Hall–Kier alpha value is -1.25. The fraction of sp³-hybridized carbons (Fsp3) is 0.167. The lowest BCUT2D eigenvalue weighted by atomic mass is 10.4. The molecule has 1 heterocycles. The summed E-state index contributed by atoms with van der Waals surface area (Å²) in [5.41, 5.74) is 0.630. The Morgan fingerprint density at radius 3 is 3.00 bits per heavy atom. The zero-order valence-electron chi connectivity index (χ0n) is 5.11. The van der Waals surface area contributed by atoms with Gasteiger partial charge in [0, 0.05) is 6.07 Å². The number of aromatic nitrogens is 2. The minimum absolute atomic E-state index is 0.630. The molecule has 0 saturated carbocycles. The van der Waals surface area contributed by atoms with Crippen molar-refractivity contribution in [1.29, 1.82) is 0 Å². The van der Waals surface area contributed by atoms with Crippen LogP contribution in [0.5, 0.6) is 0 Å². The van der Waals surface area contributed by atoms with Gasteiger partial charge in [-0.25, -0.2) is 4.57 Å². The summed E-state index contributed by atoms with van der Waals surface area (Å²) >= 11 is 0. The van der Waals surface area contributed by atoms with Gasteiger partial charge in [0.1, 0.15) is 6.20 Å². The maximum atomic E-state index is 10.2. The summed E-state index contributed by atoms with van der Waals surface area (Å²) < 4.78 is 1.66. The number of nitrogens with zero attached hydrogens (tertiary/aromatic N) is 2. The molecule has 1 aromatic rings. The molecule has 9 heavy (non-hydrogen) atoms. The molecule has 0 aliphatic rings. The molecule has 3 nitrogen and oxygen atoms in total. The van der Waals surface area contributed by atoms with Gasteiger partial charge < -0.3 is 0 Å². The highest BCUT2D eigenvalue weighted by molar-refractivity contribution is 5.68. The lowest BCUT2D eigenvalue weighted by Gasteiger charge is -1.87. The fourth-order valence-corrected chi connectivity index (χ4v) is 0.565. The second-order valence-electron chi connectivity index (χ2n) is 1.73. The number of hydrogen-bond donors (Lipinski definition) is 0. The minimum atomic E-state index is 0.630. The van der Waals surface area contributed by atoms with E-state index in [1.807, 2.05) is 0 Å². The van der Waals surface area contributed by atoms with Crippen molar-refractivity contribution >= 4 is 6.29 Å². The van der Waals surface area contributed by atoms with Crippen molar-refractivity contribution in [2.75, 3.05) is 0 Å². The maximum Gasteiger partial charge on any atom is 0.286 e. The lowest BCUT2D eigenvalue weighted by Crippen LogP contribution is -2.33. The first-order valence-electron chi connectivity index (χ1n) is 2.59. The molecule has 3 heteroatoms. The first-order valence-corrected chi connectivity index (χ1v) is 2.59. The van der Waals surface area contributed by atoms with Crippen LogP contribution in [0.25, 0.3) is 0 Å². The molecule has 0 atom stereocenters. The highest BCUT2D eigenvalue weighted by Gasteiger charge is 1.97. The normalized spacial score (nSPS) is 9.00. The van der Waals surface area contributed by atoms with Crippen molar-refractivity contribution in [1.82, 2.24) is 4.98 Å². The Kier molecular flexibility index (Phi) is 1.53. The SMILES string of the molecule is C[n+]1cnccc1C=O. The maximum absolute atomic E-state index is 10.2. The molecule has 0 radical (unpaired) electrons. The third kappa shape index (κ3) is 1.10. The Labute approximate surface area is 53.0 Å². The van der Waals surface area contributed by atoms with Gasteiger partial charge in [0.15, 0.2) is 12.0 Å². The number of carbonyl (C=O) groups is 1. The number of aldehydes is 1. The van der Waals surface area contributed by atoms with E-state index < -0.39 is 0 Å². The smallest absolute Gasteiger partial charge is 0.286 e. The third-order valence-electron chi connectivity index (χ3n) is 1.10. The molecule has 0 bridgehead atoms. The molecule has 0 N–H and O–H groups in total. The zero-order valence-corrected chi connectivity index (χ0v) is 5.11. The van der Waals surface area contributed by atoms with Crippen LogP contribution in [-0.2, 0) is 7.05 Å². The highest BCUT2D eigenvalue weighted by atomic mass is 16.1. The predicted octanol–water partition coefficient (Wildman–Crippen LogP) is -0.281. The molecular formula is C6H7N2O+. The Balaban J connectivity index is 3.15. The van der Waals surface area contributed by atoms with Crippen LogP contribution in [0.1, 0.15) is 10.5 Å². The largest absolute Gasteiger partial charge is 0.294 e. The first kappa shape index (κ1) is 5.88. The third-order valence-corrected chi connectivity index (χ3v) is 1.10. The molecule has 0 fully saturated rings. The van der Waals surface area contributed by atoms with E-state index in [4.69, 9.17) is 0 Å². The van der Waals surface area contributed by atoms with E-state index in [0.29, 0.717) is 5.69 Å². The number of rotatable bonds is 1. The second kappa shape index (κ2) is 2.35. The molecule has 0 amide bonds. The Morgan fingerprint density at radius 1 is 1.78 bits per heavy atom. The molecule has 0 spiro atoms. The van der Waals surface area contributed by atoms with E-state index in [-0.39, 0.29) is 0 Å². The molecule has 0 saturated heterocycles. The lowest BCUT2D eigenvalue weighted by molar-refractivity contribution is -0.675. The van der Waals surface area contributed by atoms with Crippen LogP contribution in [0.15, 0.2) is 18.6 Å². The van der Waals surface area contributed by atoms with Crippen molar-refractivity contribution in [3.63, 3.8) is 0 Å². The highest BCUT2D eigenvalue weighted by Crippen LogP contribution is 1.79. The van der Waals surface area contributed by atoms with E-state index in [9.17, 15) is 4.79 Å². The van der Waals surface area contributed by atoms with Gasteiger partial charge in [0.2, 0.25) is 0 Å². The van der Waals surface area contributed by atoms with Gasteiger partial charge in [-0.3, -0.25) is 4.79 Å². The van der Waals surface area contributed by atoms with Crippen molar-refractivity contribution in [3.8, 4) is 0 Å². The summed E-state index contributed by atoms with van der Waals surface area (Å²) in [6.45, 7) is 0. The van der Waals surface area contributed by atoms with Crippen LogP contribution < -0.4 is 4.57 Å². The minimum Gasteiger partial charge on any atom is -0.294 e. The van der Waals surface area contributed by atoms with Gasteiger partial charge in [0.25, 0.3) is 6.33 Å². The molecule has 46 valence electrons. The van der Waals surface area contributed by atoms with Crippen LogP contribution in [0.3, 0.4) is 0 Å². The van der Waals surface area contributed by atoms with Crippen LogP contribution in [0.2, 0.25) is 0 Å². The number of carbonyl (C=O) groups excluding carboxylic acids is 1. The van der Waals surface area contributed by atoms with E-state index >= 15 is 0 Å². The van der Waals surface area contributed by atoms with Gasteiger partial charge >= 0.3 is 0 Å². The molecule has 1 rings (SSSR count). The van der Waals surface area contributed by atoms with Crippen LogP contribution in [0.4, 0.5) is 0 Å². The first-order chi connectivity index (χ1) is 4.34. The zero-order chi connectivity index (χ0) is 6.69. The van der Waals surface area contributed by atoms with E-state index in [1.54, 1.807) is 30.2 Å². The van der Waals surface area contributed by atoms with Gasteiger partial charge in [0.05, 0.1) is 7.05 Å². The van der Waals surface area contributed by atoms with E-state index in [1.165, 1.54) is 0 Å². The van der Waals surface area contributed by atoms with Crippen LogP contribution in [0, 0.1) is 0 Å². The topological polar surface area (TPSA) is 33.8 Å². The fourth-order valence-electron chi connectivity index (χ4n) is 0.565. The molecular weight excluding hydrogens is 116 g/mol. The van der Waals surface area contributed by atoms with Crippen LogP contribution >= 0.6 is 0 Å². The summed E-state index contributed by atoms with van der Waals surface area (Å²) in [7, 11) is 1.77. The van der Waals surface area contributed by atoms with E-state index in [0.717, 1.165) is 6.29 Å². The van der Waals surface area contributed by atoms with Gasteiger partial charge in [-0.1, -0.05) is 4.98 Å². The van der Waals surface area contributed by atoms with Gasteiger partial charge in [-0.2, -0.15) is 0 Å². The molecule has 1 aromatic heterocycles. The predicted molar refractivity (Wildman–Crippen MR) is 30.8 cm³/mol. The Morgan fingerprint density at radius 2 is 2.56 bits per heavy atom. The van der Waals surface area contributed by atoms with Crippen molar-refractivity contribution in [2.24, 2.45) is 7.05 Å². The van der Waals surface area contributed by atoms with Crippen molar-refractivity contribution < 1.29 is 9.36 Å². The summed E-state index contributed by atoms with van der Waals surface area (Å²) in [6, 6.07) is 1.66. The van der Waals surface area contributed by atoms with E-state index in [2.05, 4.69) is 4.98 Å². The second-order valence-corrected chi connectivity index (χ2v) is 1.73. The average Bonchev–Trinajstić information content (AvgIpc) is 1.89. The number of aryl methyl sites for hydroxylation is 1. The average molecular weight is 123 g/mol. The monoisotopic (exact) mass is 123 g/mol. The quantitative estimate of drug-likeness (QED) is 0.380. The summed E-state index contributed by atoms with van der Waals surface area (Å²) in [4.78, 5) is 14.0. The molecule has 0 aliphatic heterocycles. The summed E-state index contributed by atoms with van der Waals surface area (Å²) in [5, 5.41) is 0. The molecule has 0 aliphatic carbocycles. The van der Waals surface area contributed by atoms with Crippen molar-refractivity contribution in [2.45, 2.75) is 0 Å². The molecule has 0 unspecified atom stereocenters. The standard InChI is InChI=1S/C6H7N2O/c1-8-5-7-3-2-6(8)4-9/h2-5H,1H3/q+1. The van der Waals surface area contributed by atoms with Crippen LogP contribution in [-0.4, -0.2) is 11.3 Å².